The average molecular weight is 415 g/mol. The molecule has 0 bridgehead atoms. The molecule has 2 aliphatic heterocycles. The highest BCUT2D eigenvalue weighted by Gasteiger charge is 2.29. The van der Waals surface area contributed by atoms with Gasteiger partial charge in [0, 0.05) is 38.4 Å². The number of nitrogens with zero attached hydrogens (tertiary/aromatic N) is 3. The predicted octanol–water partition coefficient (Wildman–Crippen LogP) is 3.52. The summed E-state index contributed by atoms with van der Waals surface area (Å²) in [6, 6.07) is 8.86. The number of likely N-dealkylation sites (tertiary alicyclic amines) is 1. The number of amides is 1. The van der Waals surface area contributed by atoms with Crippen LogP contribution in [-0.4, -0.2) is 74.1 Å². The topological polar surface area (TPSA) is 38.8 Å². The van der Waals surface area contributed by atoms with Crippen molar-refractivity contribution >= 4 is 11.6 Å². The van der Waals surface area contributed by atoms with E-state index in [0.717, 1.165) is 65.2 Å². The van der Waals surface area contributed by atoms with E-state index in [1.807, 2.05) is 0 Å². The van der Waals surface area contributed by atoms with E-state index < -0.39 is 0 Å². The van der Waals surface area contributed by atoms with Crippen LogP contribution in [0.3, 0.4) is 0 Å². The summed E-state index contributed by atoms with van der Waals surface area (Å²) in [5, 5.41) is 3.23. The van der Waals surface area contributed by atoms with Gasteiger partial charge in [0.05, 0.1) is 6.04 Å². The Kier molecular flexibility index (Phi) is 9.01. The molecule has 30 heavy (non-hydrogen) atoms. The number of rotatable bonds is 9. The lowest BCUT2D eigenvalue weighted by Gasteiger charge is -2.36. The van der Waals surface area contributed by atoms with Crippen molar-refractivity contribution in [2.45, 2.75) is 58.9 Å². The molecule has 1 atom stereocenters. The van der Waals surface area contributed by atoms with Crippen LogP contribution in [0.2, 0.25) is 0 Å². The molecular weight excluding hydrogens is 372 g/mol. The molecule has 5 nitrogen and oxygen atoms in total. The SMILES string of the molecule is Cc1cccc(N2CCN(CCCCNC(=O)[C@@H](C(C)C)N3CCCCC3)CC2)c1. The third-order valence-electron chi connectivity index (χ3n) is 6.62. The van der Waals surface area contributed by atoms with Crippen molar-refractivity contribution in [2.24, 2.45) is 5.92 Å². The Morgan fingerprint density at radius 3 is 2.40 bits per heavy atom. The van der Waals surface area contributed by atoms with Gasteiger partial charge in [0.15, 0.2) is 0 Å². The zero-order chi connectivity index (χ0) is 21.3. The predicted molar refractivity (Wildman–Crippen MR) is 126 cm³/mol. The van der Waals surface area contributed by atoms with Crippen LogP contribution in [0.5, 0.6) is 0 Å². The van der Waals surface area contributed by atoms with Crippen LogP contribution >= 0.6 is 0 Å². The van der Waals surface area contributed by atoms with Crippen LogP contribution in [0.1, 0.15) is 51.5 Å². The van der Waals surface area contributed by atoms with Gasteiger partial charge in [-0.25, -0.2) is 0 Å². The van der Waals surface area contributed by atoms with Gasteiger partial charge >= 0.3 is 0 Å². The van der Waals surface area contributed by atoms with Crippen molar-refractivity contribution in [3.05, 3.63) is 29.8 Å². The Hall–Kier alpha value is -1.59. The molecule has 0 aromatic heterocycles. The number of piperidine rings is 1. The van der Waals surface area contributed by atoms with E-state index >= 15 is 0 Å². The molecule has 2 fully saturated rings. The third kappa shape index (κ3) is 6.71. The van der Waals surface area contributed by atoms with Gasteiger partial charge in [0.25, 0.3) is 0 Å². The number of benzene rings is 1. The molecule has 0 saturated carbocycles. The van der Waals surface area contributed by atoms with Crippen LogP contribution in [0, 0.1) is 12.8 Å². The maximum Gasteiger partial charge on any atom is 0.237 e. The van der Waals surface area contributed by atoms with Gasteiger partial charge in [0.2, 0.25) is 5.91 Å². The first kappa shape index (κ1) is 23.1. The zero-order valence-electron chi connectivity index (χ0n) is 19.4. The minimum Gasteiger partial charge on any atom is -0.369 e. The highest BCUT2D eigenvalue weighted by molar-refractivity contribution is 5.82. The number of hydrogen-bond acceptors (Lipinski definition) is 4. The van der Waals surface area contributed by atoms with Gasteiger partial charge in [-0.3, -0.25) is 14.6 Å². The molecule has 2 aliphatic rings. The van der Waals surface area contributed by atoms with E-state index in [4.69, 9.17) is 0 Å². The monoisotopic (exact) mass is 414 g/mol. The first-order valence-electron chi connectivity index (χ1n) is 12.1. The Morgan fingerprint density at radius 1 is 1.00 bits per heavy atom. The molecule has 1 aromatic rings. The molecule has 0 radical (unpaired) electrons. The first-order chi connectivity index (χ1) is 14.5. The Balaban J connectivity index is 1.31. The minimum atomic E-state index is 0.0417. The van der Waals surface area contributed by atoms with Gasteiger partial charge in [-0.2, -0.15) is 0 Å². The Morgan fingerprint density at radius 2 is 1.73 bits per heavy atom. The summed E-state index contributed by atoms with van der Waals surface area (Å²) in [6.45, 7) is 15.1. The fraction of sp³-hybridized carbons (Fsp3) is 0.720. The molecular formula is C25H42N4O. The summed E-state index contributed by atoms with van der Waals surface area (Å²) >= 11 is 0. The molecule has 0 unspecified atom stereocenters. The lowest BCUT2D eigenvalue weighted by Crippen LogP contribution is -2.51. The van der Waals surface area contributed by atoms with Crippen molar-refractivity contribution in [2.75, 3.05) is 57.3 Å². The van der Waals surface area contributed by atoms with Crippen LogP contribution in [-0.2, 0) is 4.79 Å². The molecule has 3 rings (SSSR count). The van der Waals surface area contributed by atoms with Crippen LogP contribution in [0.25, 0.3) is 0 Å². The molecule has 1 N–H and O–H groups in total. The molecule has 2 heterocycles. The fourth-order valence-electron chi connectivity index (χ4n) is 4.92. The van der Waals surface area contributed by atoms with Gasteiger partial charge in [-0.15, -0.1) is 0 Å². The highest BCUT2D eigenvalue weighted by Crippen LogP contribution is 2.19. The van der Waals surface area contributed by atoms with Gasteiger partial charge in [-0.05, 0) is 75.9 Å². The summed E-state index contributed by atoms with van der Waals surface area (Å²) < 4.78 is 0. The van der Waals surface area contributed by atoms with E-state index in [-0.39, 0.29) is 11.9 Å². The quantitative estimate of drug-likeness (QED) is 0.628. The van der Waals surface area contributed by atoms with Crippen LogP contribution in [0.15, 0.2) is 24.3 Å². The third-order valence-corrected chi connectivity index (χ3v) is 6.62. The molecule has 0 spiro atoms. The van der Waals surface area contributed by atoms with E-state index in [0.29, 0.717) is 5.92 Å². The Labute approximate surface area is 183 Å². The van der Waals surface area contributed by atoms with E-state index in [2.05, 4.69) is 65.1 Å². The summed E-state index contributed by atoms with van der Waals surface area (Å²) in [4.78, 5) is 20.2. The lowest BCUT2D eigenvalue weighted by molar-refractivity contribution is -0.128. The molecule has 1 amide bonds. The van der Waals surface area contributed by atoms with E-state index in [9.17, 15) is 4.79 Å². The van der Waals surface area contributed by atoms with Crippen molar-refractivity contribution < 1.29 is 4.79 Å². The highest BCUT2D eigenvalue weighted by atomic mass is 16.2. The molecule has 0 aliphatic carbocycles. The molecule has 2 saturated heterocycles. The van der Waals surface area contributed by atoms with Gasteiger partial charge < -0.3 is 10.2 Å². The van der Waals surface area contributed by atoms with E-state index in [1.54, 1.807) is 0 Å². The number of anilines is 1. The number of hydrogen-bond donors (Lipinski definition) is 1. The minimum absolute atomic E-state index is 0.0417. The molecule has 5 heteroatoms. The van der Waals surface area contributed by atoms with E-state index in [1.165, 1.54) is 30.5 Å². The van der Waals surface area contributed by atoms with Crippen molar-refractivity contribution in [1.82, 2.24) is 15.1 Å². The smallest absolute Gasteiger partial charge is 0.237 e. The number of aryl methyl sites for hydroxylation is 1. The largest absolute Gasteiger partial charge is 0.369 e. The number of unbranched alkanes of at least 4 members (excludes halogenated alkanes) is 1. The molecule has 1 aromatic carbocycles. The number of carbonyl (C=O) groups is 1. The molecule has 168 valence electrons. The van der Waals surface area contributed by atoms with Gasteiger partial charge in [-0.1, -0.05) is 32.4 Å². The maximum absolute atomic E-state index is 12.8. The summed E-state index contributed by atoms with van der Waals surface area (Å²) in [7, 11) is 0. The second-order valence-corrected chi connectivity index (χ2v) is 9.45. The lowest BCUT2D eigenvalue weighted by atomic mass is 9.98. The van der Waals surface area contributed by atoms with Crippen LogP contribution < -0.4 is 10.2 Å². The average Bonchev–Trinajstić information content (AvgIpc) is 2.74. The summed E-state index contributed by atoms with van der Waals surface area (Å²) in [6.07, 6.45) is 5.99. The number of piperazine rings is 1. The normalized spacial score (nSPS) is 19.8. The second-order valence-electron chi connectivity index (χ2n) is 9.45. The number of carbonyl (C=O) groups excluding carboxylic acids is 1. The number of nitrogens with one attached hydrogen (secondary N) is 1. The summed E-state index contributed by atoms with van der Waals surface area (Å²) in [5.41, 5.74) is 2.68. The first-order valence-corrected chi connectivity index (χ1v) is 12.1. The second kappa shape index (κ2) is 11.7. The fourth-order valence-corrected chi connectivity index (χ4v) is 4.92. The van der Waals surface area contributed by atoms with Crippen molar-refractivity contribution in [3.8, 4) is 0 Å². The zero-order valence-corrected chi connectivity index (χ0v) is 19.4. The van der Waals surface area contributed by atoms with Crippen molar-refractivity contribution in [3.63, 3.8) is 0 Å². The standard InChI is InChI=1S/C25H42N4O/c1-21(2)24(29-14-6-4-7-15-29)25(30)26-12-5-8-13-27-16-18-28(19-17-27)23-11-9-10-22(3)20-23/h9-11,20-21,24H,4-8,12-19H2,1-3H3,(H,26,30)/t24-/m1/s1. The van der Waals surface area contributed by atoms with Crippen LogP contribution in [0.4, 0.5) is 5.69 Å². The summed E-state index contributed by atoms with van der Waals surface area (Å²) in [5.74, 6) is 0.603. The van der Waals surface area contributed by atoms with Crippen molar-refractivity contribution in [1.29, 1.82) is 0 Å². The maximum atomic E-state index is 12.8. The van der Waals surface area contributed by atoms with Gasteiger partial charge in [0.1, 0.15) is 0 Å². The Bertz CT molecular complexity index is 648.